The lowest BCUT2D eigenvalue weighted by Crippen LogP contribution is -2.50. The van der Waals surface area contributed by atoms with Gasteiger partial charge >= 0.3 is 0 Å². The van der Waals surface area contributed by atoms with Crippen LogP contribution in [-0.2, 0) is 9.59 Å². The second kappa shape index (κ2) is 9.93. The largest absolute Gasteiger partial charge is 0.484 e. The molecule has 6 heteroatoms. The van der Waals surface area contributed by atoms with Crippen molar-refractivity contribution in [3.05, 3.63) is 30.3 Å². The summed E-state index contributed by atoms with van der Waals surface area (Å²) in [6, 6.07) is 9.43. The first kappa shape index (κ1) is 18.3. The van der Waals surface area contributed by atoms with Crippen molar-refractivity contribution in [1.29, 1.82) is 0 Å². The molecule has 0 unspecified atom stereocenters. The molecule has 1 heterocycles. The third-order valence-corrected chi connectivity index (χ3v) is 4.08. The highest BCUT2D eigenvalue weighted by molar-refractivity contribution is 5.85. The Morgan fingerprint density at radius 2 is 1.96 bits per heavy atom. The highest BCUT2D eigenvalue weighted by atomic mass is 16.5. The van der Waals surface area contributed by atoms with E-state index in [9.17, 15) is 9.59 Å². The molecule has 2 rings (SSSR count). The number of amides is 2. The van der Waals surface area contributed by atoms with E-state index in [0.717, 1.165) is 38.9 Å². The van der Waals surface area contributed by atoms with Gasteiger partial charge in [-0.2, -0.15) is 0 Å². The van der Waals surface area contributed by atoms with E-state index in [2.05, 4.69) is 17.6 Å². The minimum atomic E-state index is -0.283. The molecule has 0 aliphatic carbocycles. The van der Waals surface area contributed by atoms with E-state index in [1.807, 2.05) is 23.1 Å². The topological polar surface area (TPSA) is 70.7 Å². The lowest BCUT2D eigenvalue weighted by atomic mass is 10.0. The fourth-order valence-electron chi connectivity index (χ4n) is 2.86. The number of benzene rings is 1. The molecule has 0 radical (unpaired) electrons. The van der Waals surface area contributed by atoms with Crippen LogP contribution in [0.4, 0.5) is 0 Å². The standard InChI is InChI=1S/C18H27N3O3/c1-2-12-21(15-8-10-19-11-9-15)18(23)13-20-17(22)14-24-16-6-4-3-5-7-16/h3-7,15,19H,2,8-14H2,1H3,(H,20,22). The molecule has 1 saturated heterocycles. The molecule has 132 valence electrons. The van der Waals surface area contributed by atoms with E-state index in [0.29, 0.717) is 5.75 Å². The van der Waals surface area contributed by atoms with E-state index >= 15 is 0 Å². The van der Waals surface area contributed by atoms with Gasteiger partial charge in [0.25, 0.3) is 5.91 Å². The van der Waals surface area contributed by atoms with Gasteiger partial charge in [-0.15, -0.1) is 0 Å². The summed E-state index contributed by atoms with van der Waals surface area (Å²) >= 11 is 0. The summed E-state index contributed by atoms with van der Waals surface area (Å²) in [6.07, 6.45) is 2.86. The van der Waals surface area contributed by atoms with Crippen molar-refractivity contribution in [2.75, 3.05) is 32.8 Å². The molecule has 0 saturated carbocycles. The van der Waals surface area contributed by atoms with Crippen molar-refractivity contribution in [3.63, 3.8) is 0 Å². The van der Waals surface area contributed by atoms with Gasteiger partial charge in [-0.05, 0) is 44.5 Å². The minimum absolute atomic E-state index is 0.0168. The quantitative estimate of drug-likeness (QED) is 0.749. The Hall–Kier alpha value is -2.08. The molecule has 0 aromatic heterocycles. The summed E-state index contributed by atoms with van der Waals surface area (Å²) in [6.45, 7) is 4.62. The maximum atomic E-state index is 12.5. The Labute approximate surface area is 143 Å². The first-order chi connectivity index (χ1) is 11.7. The average molecular weight is 333 g/mol. The fraction of sp³-hybridized carbons (Fsp3) is 0.556. The number of piperidine rings is 1. The summed E-state index contributed by atoms with van der Waals surface area (Å²) in [7, 11) is 0. The van der Waals surface area contributed by atoms with Crippen molar-refractivity contribution in [1.82, 2.24) is 15.5 Å². The number of hydrogen-bond acceptors (Lipinski definition) is 4. The predicted molar refractivity (Wildman–Crippen MR) is 92.8 cm³/mol. The zero-order valence-corrected chi connectivity index (χ0v) is 14.3. The molecular weight excluding hydrogens is 306 g/mol. The minimum Gasteiger partial charge on any atom is -0.484 e. The molecule has 0 atom stereocenters. The second-order valence-electron chi connectivity index (χ2n) is 5.95. The Morgan fingerprint density at radius 1 is 1.25 bits per heavy atom. The Bertz CT molecular complexity index is 516. The molecular formula is C18H27N3O3. The average Bonchev–Trinajstić information content (AvgIpc) is 2.64. The van der Waals surface area contributed by atoms with Gasteiger partial charge < -0.3 is 20.3 Å². The van der Waals surface area contributed by atoms with Gasteiger partial charge in [0.2, 0.25) is 5.91 Å². The molecule has 1 aliphatic rings. The summed E-state index contributed by atoms with van der Waals surface area (Å²) in [5.74, 6) is 0.340. The first-order valence-electron chi connectivity index (χ1n) is 8.65. The molecule has 1 fully saturated rings. The monoisotopic (exact) mass is 333 g/mol. The van der Waals surface area contributed by atoms with Crippen LogP contribution in [0.15, 0.2) is 30.3 Å². The number of hydrogen-bond donors (Lipinski definition) is 2. The number of nitrogens with one attached hydrogen (secondary N) is 2. The predicted octanol–water partition coefficient (Wildman–Crippen LogP) is 1.17. The number of ether oxygens (including phenoxy) is 1. The SMILES string of the molecule is CCCN(C(=O)CNC(=O)COc1ccccc1)C1CCNCC1. The van der Waals surface area contributed by atoms with E-state index in [1.54, 1.807) is 12.1 Å². The Kier molecular flexibility index (Phi) is 7.55. The highest BCUT2D eigenvalue weighted by Crippen LogP contribution is 2.12. The van der Waals surface area contributed by atoms with Gasteiger partial charge in [0.05, 0.1) is 6.54 Å². The van der Waals surface area contributed by atoms with Crippen LogP contribution in [-0.4, -0.2) is 55.5 Å². The van der Waals surface area contributed by atoms with Crippen molar-refractivity contribution in [2.45, 2.75) is 32.2 Å². The van der Waals surface area contributed by atoms with Crippen molar-refractivity contribution < 1.29 is 14.3 Å². The van der Waals surface area contributed by atoms with Crippen LogP contribution in [0.1, 0.15) is 26.2 Å². The summed E-state index contributed by atoms with van der Waals surface area (Å²) in [4.78, 5) is 26.2. The number of carbonyl (C=O) groups is 2. The van der Waals surface area contributed by atoms with Crippen LogP contribution in [0.3, 0.4) is 0 Å². The smallest absolute Gasteiger partial charge is 0.258 e. The highest BCUT2D eigenvalue weighted by Gasteiger charge is 2.24. The Morgan fingerprint density at radius 3 is 2.62 bits per heavy atom. The van der Waals surface area contributed by atoms with Crippen LogP contribution >= 0.6 is 0 Å². The second-order valence-corrected chi connectivity index (χ2v) is 5.95. The number of carbonyl (C=O) groups excluding carboxylic acids is 2. The lowest BCUT2D eigenvalue weighted by Gasteiger charge is -2.34. The maximum absolute atomic E-state index is 12.5. The first-order valence-corrected chi connectivity index (χ1v) is 8.65. The van der Waals surface area contributed by atoms with Gasteiger partial charge in [-0.3, -0.25) is 9.59 Å². The summed E-state index contributed by atoms with van der Waals surface area (Å²) in [5.41, 5.74) is 0. The molecule has 2 amide bonds. The molecule has 2 N–H and O–H groups in total. The molecule has 24 heavy (non-hydrogen) atoms. The van der Waals surface area contributed by atoms with Gasteiger partial charge in [0, 0.05) is 12.6 Å². The van der Waals surface area contributed by atoms with Gasteiger partial charge in [0.1, 0.15) is 5.75 Å². The molecule has 6 nitrogen and oxygen atoms in total. The molecule has 1 aromatic rings. The zero-order chi connectivity index (χ0) is 17.2. The van der Waals surface area contributed by atoms with Crippen LogP contribution in [0.25, 0.3) is 0 Å². The van der Waals surface area contributed by atoms with Crippen LogP contribution in [0.2, 0.25) is 0 Å². The zero-order valence-electron chi connectivity index (χ0n) is 14.3. The maximum Gasteiger partial charge on any atom is 0.258 e. The molecule has 0 spiro atoms. The van der Waals surface area contributed by atoms with Gasteiger partial charge in [0.15, 0.2) is 6.61 Å². The Balaban J connectivity index is 1.75. The third kappa shape index (κ3) is 5.85. The van der Waals surface area contributed by atoms with Crippen LogP contribution in [0.5, 0.6) is 5.75 Å². The van der Waals surface area contributed by atoms with Crippen LogP contribution in [0, 0.1) is 0 Å². The number of nitrogens with zero attached hydrogens (tertiary/aromatic N) is 1. The number of para-hydroxylation sites is 1. The fourth-order valence-corrected chi connectivity index (χ4v) is 2.86. The number of rotatable bonds is 8. The van der Waals surface area contributed by atoms with E-state index < -0.39 is 0 Å². The van der Waals surface area contributed by atoms with E-state index in [1.165, 1.54) is 0 Å². The summed E-state index contributed by atoms with van der Waals surface area (Å²) < 4.78 is 5.38. The van der Waals surface area contributed by atoms with Crippen molar-refractivity contribution >= 4 is 11.8 Å². The molecule has 1 aliphatic heterocycles. The van der Waals surface area contributed by atoms with Crippen molar-refractivity contribution in [3.8, 4) is 5.75 Å². The third-order valence-electron chi connectivity index (χ3n) is 4.08. The summed E-state index contributed by atoms with van der Waals surface area (Å²) in [5, 5.41) is 5.97. The van der Waals surface area contributed by atoms with Crippen LogP contribution < -0.4 is 15.4 Å². The van der Waals surface area contributed by atoms with Gasteiger partial charge in [-0.25, -0.2) is 0 Å². The van der Waals surface area contributed by atoms with E-state index in [4.69, 9.17) is 4.74 Å². The van der Waals surface area contributed by atoms with E-state index in [-0.39, 0.29) is 31.0 Å². The molecule has 0 bridgehead atoms. The molecule has 1 aromatic carbocycles. The van der Waals surface area contributed by atoms with Gasteiger partial charge in [-0.1, -0.05) is 25.1 Å². The lowest BCUT2D eigenvalue weighted by molar-refractivity contribution is -0.135. The normalized spacial score (nSPS) is 14.9. The van der Waals surface area contributed by atoms with Crippen molar-refractivity contribution in [2.24, 2.45) is 0 Å².